The Morgan fingerprint density at radius 2 is 2.04 bits per heavy atom. The van der Waals surface area contributed by atoms with Crippen LogP contribution in [-0.2, 0) is 0 Å². The quantitative estimate of drug-likeness (QED) is 0.789. The lowest BCUT2D eigenvalue weighted by atomic mass is 9.84. The zero-order chi connectivity index (χ0) is 18.1. The van der Waals surface area contributed by atoms with Crippen LogP contribution in [0.4, 0.5) is 4.39 Å². The van der Waals surface area contributed by atoms with E-state index in [1.54, 1.807) is 11.0 Å². The van der Waals surface area contributed by atoms with Gasteiger partial charge in [0.2, 0.25) is 0 Å². The fourth-order valence-corrected chi connectivity index (χ4v) is 3.81. The smallest absolute Gasteiger partial charge is 0.256 e. The molecule has 5 nitrogen and oxygen atoms in total. The van der Waals surface area contributed by atoms with Crippen LogP contribution in [0.3, 0.4) is 0 Å². The molecule has 134 valence electrons. The molecule has 6 heteroatoms. The molecule has 1 spiro atoms. The molecule has 2 aliphatic rings. The number of Topliss-reactive ketones (excluding diaryl/α,β-unsaturated/α-hetero) is 1. The van der Waals surface area contributed by atoms with E-state index in [1.165, 1.54) is 12.3 Å². The number of fused-ring (bicyclic) bond motifs is 1. The number of carbonyl (C=O) groups is 2. The van der Waals surface area contributed by atoms with Gasteiger partial charge in [-0.25, -0.2) is 4.39 Å². The molecule has 1 amide bonds. The van der Waals surface area contributed by atoms with Crippen molar-refractivity contribution in [2.24, 2.45) is 0 Å². The van der Waals surface area contributed by atoms with Crippen molar-refractivity contribution in [3.8, 4) is 5.75 Å². The first kappa shape index (κ1) is 16.7. The summed E-state index contributed by atoms with van der Waals surface area (Å²) in [6.07, 6.45) is 4.71. The van der Waals surface area contributed by atoms with Crippen molar-refractivity contribution in [3.05, 3.63) is 59.7 Å². The highest BCUT2D eigenvalue weighted by molar-refractivity contribution is 6.00. The second-order valence-corrected chi connectivity index (χ2v) is 6.88. The van der Waals surface area contributed by atoms with Crippen LogP contribution in [0.1, 0.15) is 46.4 Å². The summed E-state index contributed by atoms with van der Waals surface area (Å²) in [7, 11) is 0. The molecule has 2 aromatic rings. The molecule has 1 saturated heterocycles. The van der Waals surface area contributed by atoms with Gasteiger partial charge in [-0.2, -0.15) is 0 Å². The number of hydrogen-bond donors (Lipinski definition) is 0. The summed E-state index contributed by atoms with van der Waals surface area (Å²) in [4.78, 5) is 30.5. The second-order valence-electron chi connectivity index (χ2n) is 6.88. The summed E-state index contributed by atoms with van der Waals surface area (Å²) in [5.74, 6) is -0.269. The summed E-state index contributed by atoms with van der Waals surface area (Å²) in [6, 6.07) is 8.67. The van der Waals surface area contributed by atoms with Gasteiger partial charge in [-0.3, -0.25) is 14.6 Å². The Balaban J connectivity index is 1.53. The predicted molar refractivity (Wildman–Crippen MR) is 92.7 cm³/mol. The number of carbonyl (C=O) groups excluding carboxylic acids is 2. The zero-order valence-corrected chi connectivity index (χ0v) is 14.3. The number of likely N-dealkylation sites (tertiary alicyclic amines) is 1. The molecule has 0 bridgehead atoms. The van der Waals surface area contributed by atoms with Gasteiger partial charge in [-0.05, 0) is 31.0 Å². The molecular weight excluding hydrogens is 335 g/mol. The molecule has 2 aliphatic heterocycles. The number of amides is 1. The number of halogens is 1. The Bertz CT molecular complexity index is 870. The number of nitrogens with zero attached hydrogens (tertiary/aromatic N) is 2. The Labute approximate surface area is 150 Å². The van der Waals surface area contributed by atoms with Crippen molar-refractivity contribution in [3.63, 3.8) is 0 Å². The minimum atomic E-state index is -0.616. The van der Waals surface area contributed by atoms with Gasteiger partial charge in [0.15, 0.2) is 11.6 Å². The van der Waals surface area contributed by atoms with Gasteiger partial charge in [-0.15, -0.1) is 0 Å². The largest absolute Gasteiger partial charge is 0.486 e. The van der Waals surface area contributed by atoms with E-state index in [1.807, 2.05) is 18.2 Å². The highest BCUT2D eigenvalue weighted by atomic mass is 19.1. The van der Waals surface area contributed by atoms with E-state index in [2.05, 4.69) is 4.98 Å². The number of hydrogen-bond acceptors (Lipinski definition) is 4. The summed E-state index contributed by atoms with van der Waals surface area (Å²) in [5.41, 5.74) is 0.0631. The molecule has 26 heavy (non-hydrogen) atoms. The molecule has 0 radical (unpaired) electrons. The van der Waals surface area contributed by atoms with E-state index in [-0.39, 0.29) is 17.3 Å². The van der Waals surface area contributed by atoms with Crippen molar-refractivity contribution in [1.29, 1.82) is 0 Å². The van der Waals surface area contributed by atoms with Crippen LogP contribution in [-0.4, -0.2) is 40.3 Å². The lowest BCUT2D eigenvalue weighted by molar-refractivity contribution is 0.0300. The van der Waals surface area contributed by atoms with E-state index >= 15 is 0 Å². The average Bonchev–Trinajstić information content (AvgIpc) is 2.84. The summed E-state index contributed by atoms with van der Waals surface area (Å²) in [5, 5.41) is 0. The third-order valence-electron chi connectivity index (χ3n) is 5.18. The van der Waals surface area contributed by atoms with Crippen molar-refractivity contribution < 1.29 is 18.7 Å². The number of aromatic nitrogens is 1. The number of benzene rings is 1. The third-order valence-corrected chi connectivity index (χ3v) is 5.18. The summed E-state index contributed by atoms with van der Waals surface area (Å²) in [6.45, 7) is 0.942. The van der Waals surface area contributed by atoms with Gasteiger partial charge in [-0.1, -0.05) is 12.1 Å². The highest BCUT2D eigenvalue weighted by Gasteiger charge is 2.42. The SMILES string of the molecule is O=C1CC2(CCCN(C(=O)c3ccncc3F)CC2)Oc2ccccc21. The maximum Gasteiger partial charge on any atom is 0.256 e. The van der Waals surface area contributed by atoms with Crippen molar-refractivity contribution in [1.82, 2.24) is 9.88 Å². The maximum absolute atomic E-state index is 13.9. The average molecular weight is 354 g/mol. The Morgan fingerprint density at radius 1 is 1.19 bits per heavy atom. The predicted octanol–water partition coefficient (Wildman–Crippen LogP) is 3.25. The summed E-state index contributed by atoms with van der Waals surface area (Å²) >= 11 is 0. The normalized spacial score (nSPS) is 22.5. The van der Waals surface area contributed by atoms with Crippen molar-refractivity contribution >= 4 is 11.7 Å². The van der Waals surface area contributed by atoms with Crippen LogP contribution in [0.25, 0.3) is 0 Å². The fraction of sp³-hybridized carbons (Fsp3) is 0.350. The molecule has 1 aromatic carbocycles. The molecule has 0 aliphatic carbocycles. The lowest BCUT2D eigenvalue weighted by Crippen LogP contribution is -2.43. The van der Waals surface area contributed by atoms with Crippen LogP contribution < -0.4 is 4.74 Å². The van der Waals surface area contributed by atoms with E-state index in [4.69, 9.17) is 4.74 Å². The third kappa shape index (κ3) is 2.96. The number of ketones is 1. The Morgan fingerprint density at radius 3 is 2.88 bits per heavy atom. The molecule has 3 heterocycles. The van der Waals surface area contributed by atoms with Crippen LogP contribution >= 0.6 is 0 Å². The fourth-order valence-electron chi connectivity index (χ4n) is 3.81. The molecule has 4 rings (SSSR count). The monoisotopic (exact) mass is 354 g/mol. The van der Waals surface area contributed by atoms with Gasteiger partial charge < -0.3 is 9.64 Å². The molecule has 1 unspecified atom stereocenters. The maximum atomic E-state index is 13.9. The minimum Gasteiger partial charge on any atom is -0.486 e. The summed E-state index contributed by atoms with van der Waals surface area (Å²) < 4.78 is 20.1. The van der Waals surface area contributed by atoms with Gasteiger partial charge in [0.1, 0.15) is 11.4 Å². The topological polar surface area (TPSA) is 59.5 Å². The van der Waals surface area contributed by atoms with Crippen molar-refractivity contribution in [2.45, 2.75) is 31.3 Å². The van der Waals surface area contributed by atoms with Gasteiger partial charge in [0.05, 0.1) is 23.7 Å². The number of rotatable bonds is 1. The second kappa shape index (κ2) is 6.52. The van der Waals surface area contributed by atoms with Crippen LogP contribution in [0.15, 0.2) is 42.7 Å². The van der Waals surface area contributed by atoms with Crippen LogP contribution in [0.5, 0.6) is 5.75 Å². The van der Waals surface area contributed by atoms with E-state index < -0.39 is 11.4 Å². The molecular formula is C20H19FN2O3. The Kier molecular flexibility index (Phi) is 4.18. The minimum absolute atomic E-state index is 0.0296. The van der Waals surface area contributed by atoms with E-state index in [0.717, 1.165) is 6.20 Å². The molecule has 0 N–H and O–H groups in total. The van der Waals surface area contributed by atoms with Gasteiger partial charge in [0.25, 0.3) is 5.91 Å². The van der Waals surface area contributed by atoms with Gasteiger partial charge in [0, 0.05) is 25.7 Å². The lowest BCUT2D eigenvalue weighted by Gasteiger charge is -2.37. The van der Waals surface area contributed by atoms with Crippen LogP contribution in [0.2, 0.25) is 0 Å². The number of para-hydroxylation sites is 1. The first-order valence-electron chi connectivity index (χ1n) is 8.78. The number of ether oxygens (including phenoxy) is 1. The van der Waals surface area contributed by atoms with Crippen molar-refractivity contribution in [2.75, 3.05) is 13.1 Å². The first-order valence-corrected chi connectivity index (χ1v) is 8.78. The molecule has 1 aromatic heterocycles. The van der Waals surface area contributed by atoms with E-state index in [9.17, 15) is 14.0 Å². The standard InChI is InChI=1S/C20H19FN2O3/c21-16-13-22-9-6-14(16)19(25)23-10-3-7-20(8-11-23)12-17(24)15-4-1-2-5-18(15)26-20/h1-2,4-6,9,13H,3,7-8,10-12H2. The molecule has 1 atom stereocenters. The number of pyridine rings is 1. The molecule has 1 fully saturated rings. The first-order chi connectivity index (χ1) is 12.6. The highest BCUT2D eigenvalue weighted by Crippen LogP contribution is 2.39. The van der Waals surface area contributed by atoms with Crippen LogP contribution in [0, 0.1) is 5.82 Å². The Hall–Kier alpha value is -2.76. The van der Waals surface area contributed by atoms with E-state index in [0.29, 0.717) is 50.1 Å². The zero-order valence-electron chi connectivity index (χ0n) is 14.3. The van der Waals surface area contributed by atoms with Gasteiger partial charge >= 0.3 is 0 Å². The molecule has 0 saturated carbocycles.